The minimum absolute atomic E-state index is 0.184. The van der Waals surface area contributed by atoms with Crippen molar-refractivity contribution in [2.24, 2.45) is 0 Å². The fourth-order valence-corrected chi connectivity index (χ4v) is 7.32. The van der Waals surface area contributed by atoms with Crippen molar-refractivity contribution in [3.63, 3.8) is 0 Å². The first kappa shape index (κ1) is 66.2. The van der Waals surface area contributed by atoms with Crippen molar-refractivity contribution < 1.29 is 42.9 Å². The Morgan fingerprint density at radius 3 is 1.21 bits per heavy atom. The molecule has 0 saturated heterocycles. The fraction of sp³-hybridized carbons (Fsp3) is 0.689. The van der Waals surface area contributed by atoms with Crippen molar-refractivity contribution in [1.82, 2.24) is 0 Å². The monoisotopic (exact) mass is 979 g/mol. The molecule has 400 valence electrons. The molecule has 0 aliphatic rings. The highest BCUT2D eigenvalue weighted by molar-refractivity contribution is 5.71. The Morgan fingerprint density at radius 1 is 0.443 bits per heavy atom. The maximum Gasteiger partial charge on any atom is 0.361 e. The van der Waals surface area contributed by atoms with Gasteiger partial charge in [0.15, 0.2) is 6.10 Å². The minimum atomic E-state index is -1.51. The summed E-state index contributed by atoms with van der Waals surface area (Å²) in [5.74, 6) is -2.02. The molecule has 0 aliphatic carbocycles. The predicted octanol–water partition coefficient (Wildman–Crippen LogP) is 16.2. The second kappa shape index (κ2) is 51.6. The highest BCUT2D eigenvalue weighted by atomic mass is 16.7. The van der Waals surface area contributed by atoms with Gasteiger partial charge in [-0.25, -0.2) is 4.79 Å². The summed E-state index contributed by atoms with van der Waals surface area (Å²) in [7, 11) is 5.95. The van der Waals surface area contributed by atoms with Crippen LogP contribution < -0.4 is 0 Å². The Hall–Kier alpha value is -3.79. The average molecular weight is 980 g/mol. The second-order valence-electron chi connectivity index (χ2n) is 19.5. The number of unbranched alkanes of at least 4 members (excludes halogenated alkanes) is 19. The summed E-state index contributed by atoms with van der Waals surface area (Å²) in [6.07, 6.45) is 66.8. The van der Waals surface area contributed by atoms with Gasteiger partial charge in [-0.3, -0.25) is 9.59 Å². The zero-order chi connectivity index (χ0) is 51.3. The van der Waals surface area contributed by atoms with E-state index in [9.17, 15) is 19.5 Å². The van der Waals surface area contributed by atoms with E-state index in [1.54, 1.807) is 0 Å². The summed E-state index contributed by atoms with van der Waals surface area (Å²) in [6, 6.07) is 0. The van der Waals surface area contributed by atoms with E-state index in [1.165, 1.54) is 89.9 Å². The highest BCUT2D eigenvalue weighted by Crippen LogP contribution is 2.15. The van der Waals surface area contributed by atoms with Crippen molar-refractivity contribution in [2.45, 2.75) is 225 Å². The van der Waals surface area contributed by atoms with E-state index in [0.717, 1.165) is 96.3 Å². The van der Waals surface area contributed by atoms with E-state index < -0.39 is 24.3 Å². The van der Waals surface area contributed by atoms with Gasteiger partial charge < -0.3 is 28.5 Å². The number of hydrogen-bond donors (Lipinski definition) is 1. The molecule has 0 fully saturated rings. The average Bonchev–Trinajstić information content (AvgIpc) is 3.33. The van der Waals surface area contributed by atoms with Crippen LogP contribution in [-0.4, -0.2) is 87.4 Å². The van der Waals surface area contributed by atoms with Gasteiger partial charge in [-0.1, -0.05) is 220 Å². The molecule has 0 rings (SSSR count). The number of likely N-dealkylation sites (N-methyl/N-ethyl adjacent to an activating group) is 1. The number of esters is 2. The lowest BCUT2D eigenvalue weighted by atomic mass is 10.0. The molecule has 9 nitrogen and oxygen atoms in total. The van der Waals surface area contributed by atoms with Crippen molar-refractivity contribution in [3.05, 3.63) is 97.2 Å². The maximum atomic E-state index is 12.8. The number of allylic oxidation sites excluding steroid dienone is 16. The van der Waals surface area contributed by atoms with Crippen LogP contribution in [0, 0.1) is 0 Å². The Labute approximate surface area is 429 Å². The van der Waals surface area contributed by atoms with E-state index in [2.05, 4.69) is 111 Å². The summed E-state index contributed by atoms with van der Waals surface area (Å²) in [5, 5.41) is 9.62. The fourth-order valence-electron chi connectivity index (χ4n) is 7.32. The standard InChI is InChI=1S/C61H103NO8/c1-6-8-10-12-14-15-16-17-18-19-20-21-22-23-24-25-26-27-28-29-30-31-32-33-34-35-36-37-38-39-40-41-42-43-44-45-46-48-50-52-59(64)70-57(55-68-58(63)51-49-47-13-11-9-7-2)56-69-61(60(65)66)67-54-53-62(3,4)5/h8,10,14-15,17-18,20-21,23-24,26-27,29-30,32-33,57,61H,6-7,9,11-13,16,19,22,25,28,31,34-56H2,1-5H3/p+1/b10-8-,15-14-,18-17-,21-20-,24-23-,27-26-,30-29-,33-32-. The largest absolute Gasteiger partial charge is 0.477 e. The van der Waals surface area contributed by atoms with Gasteiger partial charge in [0.05, 0.1) is 34.4 Å². The number of ether oxygens (including phenoxy) is 4. The quantitative estimate of drug-likeness (QED) is 0.0211. The number of carboxylic acids is 1. The van der Waals surface area contributed by atoms with Crippen LogP contribution in [0.5, 0.6) is 0 Å². The van der Waals surface area contributed by atoms with Crippen molar-refractivity contribution in [3.8, 4) is 0 Å². The molecular weight excluding hydrogens is 875 g/mol. The van der Waals surface area contributed by atoms with Gasteiger partial charge in [-0.2, -0.15) is 0 Å². The summed E-state index contributed by atoms with van der Waals surface area (Å²) in [4.78, 5) is 37.0. The molecule has 0 aromatic rings. The molecule has 0 aromatic carbocycles. The summed E-state index contributed by atoms with van der Waals surface area (Å²) in [5.41, 5.74) is 0. The Bertz CT molecular complexity index is 1470. The molecule has 0 spiro atoms. The summed E-state index contributed by atoms with van der Waals surface area (Å²) < 4.78 is 22.7. The van der Waals surface area contributed by atoms with Gasteiger partial charge in [0, 0.05) is 12.8 Å². The van der Waals surface area contributed by atoms with Gasteiger partial charge in [-0.15, -0.1) is 0 Å². The number of carbonyl (C=O) groups is 3. The third-order valence-electron chi connectivity index (χ3n) is 11.6. The van der Waals surface area contributed by atoms with Crippen LogP contribution in [0.4, 0.5) is 0 Å². The second-order valence-corrected chi connectivity index (χ2v) is 19.5. The number of rotatable bonds is 50. The molecule has 0 radical (unpaired) electrons. The van der Waals surface area contributed by atoms with Crippen LogP contribution in [0.1, 0.15) is 213 Å². The molecule has 2 atom stereocenters. The van der Waals surface area contributed by atoms with Crippen LogP contribution in [-0.2, 0) is 33.3 Å². The normalized spacial score (nSPS) is 13.6. The summed E-state index contributed by atoms with van der Waals surface area (Å²) in [6.45, 7) is 4.68. The number of carboxylic acid groups (broad SMARTS) is 1. The van der Waals surface area contributed by atoms with Crippen molar-refractivity contribution in [2.75, 3.05) is 47.5 Å². The molecule has 1 N–H and O–H groups in total. The van der Waals surface area contributed by atoms with E-state index in [1.807, 2.05) is 21.1 Å². The summed E-state index contributed by atoms with van der Waals surface area (Å²) >= 11 is 0. The van der Waals surface area contributed by atoms with Crippen LogP contribution in [0.2, 0.25) is 0 Å². The third-order valence-corrected chi connectivity index (χ3v) is 11.6. The number of aliphatic carboxylic acids is 1. The maximum absolute atomic E-state index is 12.8. The van der Waals surface area contributed by atoms with Gasteiger partial charge in [-0.05, 0) is 77.0 Å². The first-order chi connectivity index (χ1) is 34.1. The molecule has 0 amide bonds. The van der Waals surface area contributed by atoms with Crippen LogP contribution in [0.3, 0.4) is 0 Å². The number of quaternary nitrogens is 1. The Morgan fingerprint density at radius 2 is 0.814 bits per heavy atom. The molecule has 2 unspecified atom stereocenters. The lowest BCUT2D eigenvalue weighted by Crippen LogP contribution is -2.40. The molecular formula is C61H104NO8+. The third kappa shape index (κ3) is 52.0. The van der Waals surface area contributed by atoms with E-state index in [-0.39, 0.29) is 32.2 Å². The SMILES string of the molecule is CC/C=C\C/C=C\C/C=C\C/C=C\C/C=C\C/C=C\C/C=C\C/C=C\CCCCCCCCCCCCCCCCC(=O)OC(COC(=O)CCCCCCCC)COC(OCC[N+](C)(C)C)C(=O)O. The van der Waals surface area contributed by atoms with E-state index >= 15 is 0 Å². The van der Waals surface area contributed by atoms with Crippen LogP contribution in [0.15, 0.2) is 97.2 Å². The zero-order valence-corrected chi connectivity index (χ0v) is 45.4. The Balaban J connectivity index is 3.96. The molecule has 70 heavy (non-hydrogen) atoms. The van der Waals surface area contributed by atoms with Crippen LogP contribution >= 0.6 is 0 Å². The molecule has 9 heteroatoms. The predicted molar refractivity (Wildman–Crippen MR) is 295 cm³/mol. The minimum Gasteiger partial charge on any atom is -0.477 e. The zero-order valence-electron chi connectivity index (χ0n) is 45.4. The molecule has 0 bridgehead atoms. The van der Waals surface area contributed by atoms with Crippen molar-refractivity contribution >= 4 is 17.9 Å². The Kier molecular flexibility index (Phi) is 48.8. The molecule has 0 aliphatic heterocycles. The van der Waals surface area contributed by atoms with E-state index in [0.29, 0.717) is 17.4 Å². The van der Waals surface area contributed by atoms with Gasteiger partial charge >= 0.3 is 17.9 Å². The highest BCUT2D eigenvalue weighted by Gasteiger charge is 2.25. The van der Waals surface area contributed by atoms with Gasteiger partial charge in [0.25, 0.3) is 6.29 Å². The number of hydrogen-bond acceptors (Lipinski definition) is 7. The number of carbonyl (C=O) groups excluding carboxylic acids is 2. The van der Waals surface area contributed by atoms with Crippen LogP contribution in [0.25, 0.3) is 0 Å². The van der Waals surface area contributed by atoms with Crippen molar-refractivity contribution in [1.29, 1.82) is 0 Å². The van der Waals surface area contributed by atoms with E-state index in [4.69, 9.17) is 18.9 Å². The smallest absolute Gasteiger partial charge is 0.361 e. The molecule has 0 heterocycles. The lowest BCUT2D eigenvalue weighted by molar-refractivity contribution is -0.870. The molecule has 0 aromatic heterocycles. The van der Waals surface area contributed by atoms with Gasteiger partial charge in [0.2, 0.25) is 0 Å². The molecule has 0 saturated carbocycles. The van der Waals surface area contributed by atoms with Gasteiger partial charge in [0.1, 0.15) is 13.2 Å². The topological polar surface area (TPSA) is 108 Å². The first-order valence-electron chi connectivity index (χ1n) is 27.9. The first-order valence-corrected chi connectivity index (χ1v) is 27.9. The number of nitrogens with zero attached hydrogens (tertiary/aromatic N) is 1. The lowest BCUT2D eigenvalue weighted by Gasteiger charge is -2.25.